The highest BCUT2D eigenvalue weighted by Gasteiger charge is 2.33. The minimum absolute atomic E-state index is 0.00648. The quantitative estimate of drug-likeness (QED) is 0.857. The fourth-order valence-electron chi connectivity index (χ4n) is 1.94. The zero-order chi connectivity index (χ0) is 13.1. The highest BCUT2D eigenvalue weighted by Crippen LogP contribution is 2.31. The molecule has 0 unspecified atom stereocenters. The van der Waals surface area contributed by atoms with E-state index < -0.39 is 0 Å². The number of hydrogen-bond donors (Lipinski definition) is 2. The first-order chi connectivity index (χ1) is 8.61. The van der Waals surface area contributed by atoms with Gasteiger partial charge in [-0.25, -0.2) is 4.79 Å². The van der Waals surface area contributed by atoms with Crippen molar-refractivity contribution >= 4 is 11.7 Å². The molecule has 18 heavy (non-hydrogen) atoms. The van der Waals surface area contributed by atoms with E-state index in [2.05, 4.69) is 5.32 Å². The van der Waals surface area contributed by atoms with Gasteiger partial charge in [-0.1, -0.05) is 12.1 Å². The number of hydrogen-bond acceptors (Lipinski definition) is 2. The molecule has 1 aromatic carbocycles. The van der Waals surface area contributed by atoms with Crippen molar-refractivity contribution in [2.24, 2.45) is 5.73 Å². The number of rotatable bonds is 4. The average Bonchev–Trinajstić information content (AvgIpc) is 3.14. The molecular weight excluding hydrogens is 226 g/mol. The van der Waals surface area contributed by atoms with Crippen molar-refractivity contribution in [1.29, 1.82) is 0 Å². The largest absolute Gasteiger partial charge is 0.336 e. The molecule has 0 atom stereocenters. The SMILES string of the molecule is CC(C)NC(=O)N(c1ccc(CN)cc1)C1CC1. The van der Waals surface area contributed by atoms with E-state index in [1.165, 1.54) is 0 Å². The summed E-state index contributed by atoms with van der Waals surface area (Å²) in [7, 11) is 0. The minimum atomic E-state index is -0.00648. The van der Waals surface area contributed by atoms with Gasteiger partial charge in [-0.2, -0.15) is 0 Å². The molecule has 4 nitrogen and oxygen atoms in total. The van der Waals surface area contributed by atoms with Crippen LogP contribution in [0.3, 0.4) is 0 Å². The summed E-state index contributed by atoms with van der Waals surface area (Å²) in [4.78, 5) is 14.0. The Labute approximate surface area is 108 Å². The summed E-state index contributed by atoms with van der Waals surface area (Å²) in [6, 6.07) is 8.41. The van der Waals surface area contributed by atoms with Gasteiger partial charge in [0.1, 0.15) is 0 Å². The third kappa shape index (κ3) is 3.01. The van der Waals surface area contributed by atoms with Crippen LogP contribution in [0, 0.1) is 0 Å². The van der Waals surface area contributed by atoms with Gasteiger partial charge in [0.05, 0.1) is 0 Å². The van der Waals surface area contributed by atoms with Crippen molar-refractivity contribution in [3.05, 3.63) is 29.8 Å². The lowest BCUT2D eigenvalue weighted by molar-refractivity contribution is 0.243. The molecule has 0 radical (unpaired) electrons. The van der Waals surface area contributed by atoms with Gasteiger partial charge >= 0.3 is 6.03 Å². The van der Waals surface area contributed by atoms with E-state index in [4.69, 9.17) is 5.73 Å². The topological polar surface area (TPSA) is 58.4 Å². The first-order valence-electron chi connectivity index (χ1n) is 6.50. The van der Waals surface area contributed by atoms with Crippen molar-refractivity contribution in [2.75, 3.05) is 4.90 Å². The number of nitrogens with two attached hydrogens (primary N) is 1. The van der Waals surface area contributed by atoms with Gasteiger partial charge in [0.2, 0.25) is 0 Å². The number of benzene rings is 1. The van der Waals surface area contributed by atoms with Gasteiger partial charge in [-0.15, -0.1) is 0 Å². The van der Waals surface area contributed by atoms with E-state index in [0.29, 0.717) is 12.6 Å². The third-order valence-electron chi connectivity index (χ3n) is 2.99. The van der Waals surface area contributed by atoms with Crippen LogP contribution in [0.4, 0.5) is 10.5 Å². The van der Waals surface area contributed by atoms with Crippen molar-refractivity contribution in [1.82, 2.24) is 5.32 Å². The fraction of sp³-hybridized carbons (Fsp3) is 0.500. The Bertz CT molecular complexity index is 410. The maximum absolute atomic E-state index is 12.2. The van der Waals surface area contributed by atoms with Crippen LogP contribution in [0.1, 0.15) is 32.3 Å². The Morgan fingerprint density at radius 3 is 2.44 bits per heavy atom. The van der Waals surface area contributed by atoms with Crippen LogP contribution in [0.5, 0.6) is 0 Å². The molecule has 4 heteroatoms. The lowest BCUT2D eigenvalue weighted by Crippen LogP contribution is -2.44. The van der Waals surface area contributed by atoms with Crippen molar-refractivity contribution in [2.45, 2.75) is 45.3 Å². The zero-order valence-corrected chi connectivity index (χ0v) is 11.0. The smallest absolute Gasteiger partial charge is 0.322 e. The van der Waals surface area contributed by atoms with Gasteiger partial charge in [0.25, 0.3) is 0 Å². The van der Waals surface area contributed by atoms with Crippen molar-refractivity contribution in [3.63, 3.8) is 0 Å². The van der Waals surface area contributed by atoms with Crippen LogP contribution < -0.4 is 16.0 Å². The summed E-state index contributed by atoms with van der Waals surface area (Å²) < 4.78 is 0. The van der Waals surface area contributed by atoms with Gasteiger partial charge in [-0.3, -0.25) is 4.90 Å². The monoisotopic (exact) mass is 247 g/mol. The molecule has 0 aliphatic heterocycles. The molecule has 0 bridgehead atoms. The number of amides is 2. The lowest BCUT2D eigenvalue weighted by Gasteiger charge is -2.24. The van der Waals surface area contributed by atoms with Crippen LogP contribution >= 0.6 is 0 Å². The summed E-state index contributed by atoms with van der Waals surface area (Å²) in [6.45, 7) is 4.48. The molecule has 2 rings (SSSR count). The maximum atomic E-state index is 12.2. The molecule has 0 spiro atoms. The van der Waals surface area contributed by atoms with E-state index in [1.54, 1.807) is 0 Å². The average molecular weight is 247 g/mol. The summed E-state index contributed by atoms with van der Waals surface area (Å²) >= 11 is 0. The number of urea groups is 1. The number of anilines is 1. The van der Waals surface area contributed by atoms with E-state index in [0.717, 1.165) is 24.1 Å². The Hall–Kier alpha value is -1.55. The summed E-state index contributed by atoms with van der Waals surface area (Å²) in [6.07, 6.45) is 2.17. The second-order valence-corrected chi connectivity index (χ2v) is 5.08. The van der Waals surface area contributed by atoms with Crippen LogP contribution in [-0.4, -0.2) is 18.1 Å². The van der Waals surface area contributed by atoms with E-state index >= 15 is 0 Å². The third-order valence-corrected chi connectivity index (χ3v) is 2.99. The second-order valence-electron chi connectivity index (χ2n) is 5.08. The highest BCUT2D eigenvalue weighted by atomic mass is 16.2. The van der Waals surface area contributed by atoms with Crippen LogP contribution in [0.25, 0.3) is 0 Å². The predicted molar refractivity (Wildman–Crippen MR) is 73.5 cm³/mol. The van der Waals surface area contributed by atoms with E-state index in [9.17, 15) is 4.79 Å². The van der Waals surface area contributed by atoms with Gasteiger partial charge in [-0.05, 0) is 44.4 Å². The predicted octanol–water partition coefficient (Wildman–Crippen LogP) is 2.23. The van der Waals surface area contributed by atoms with Crippen LogP contribution in [0.15, 0.2) is 24.3 Å². The van der Waals surface area contributed by atoms with Crippen molar-refractivity contribution < 1.29 is 4.79 Å². The highest BCUT2D eigenvalue weighted by molar-refractivity contribution is 5.93. The van der Waals surface area contributed by atoms with E-state index in [1.807, 2.05) is 43.0 Å². The molecule has 1 aliphatic carbocycles. The molecule has 1 aliphatic rings. The van der Waals surface area contributed by atoms with Gasteiger partial charge in [0, 0.05) is 24.3 Å². The number of nitrogens with one attached hydrogen (secondary N) is 1. The molecule has 0 aromatic heterocycles. The Kier molecular flexibility index (Phi) is 3.87. The molecule has 1 saturated carbocycles. The normalized spacial score (nSPS) is 14.7. The van der Waals surface area contributed by atoms with Crippen LogP contribution in [-0.2, 0) is 6.54 Å². The Morgan fingerprint density at radius 1 is 1.39 bits per heavy atom. The van der Waals surface area contributed by atoms with E-state index in [-0.39, 0.29) is 12.1 Å². The molecule has 2 amide bonds. The Balaban J connectivity index is 2.15. The molecular formula is C14H21N3O. The number of nitrogens with zero attached hydrogens (tertiary/aromatic N) is 1. The number of carbonyl (C=O) groups excluding carboxylic acids is 1. The zero-order valence-electron chi connectivity index (χ0n) is 11.0. The first kappa shape index (κ1) is 12.9. The van der Waals surface area contributed by atoms with Crippen LogP contribution in [0.2, 0.25) is 0 Å². The summed E-state index contributed by atoms with van der Waals surface area (Å²) in [5, 5.41) is 2.95. The lowest BCUT2D eigenvalue weighted by atomic mass is 10.2. The minimum Gasteiger partial charge on any atom is -0.336 e. The summed E-state index contributed by atoms with van der Waals surface area (Å²) in [5.74, 6) is 0. The number of carbonyl (C=O) groups is 1. The van der Waals surface area contributed by atoms with Gasteiger partial charge < -0.3 is 11.1 Å². The molecule has 98 valence electrons. The maximum Gasteiger partial charge on any atom is 0.322 e. The van der Waals surface area contributed by atoms with Gasteiger partial charge in [0.15, 0.2) is 0 Å². The standard InChI is InChI=1S/C14H21N3O/c1-10(2)16-14(18)17(13-7-8-13)12-5-3-11(9-15)4-6-12/h3-6,10,13H,7-9,15H2,1-2H3,(H,16,18). The van der Waals surface area contributed by atoms with Crippen molar-refractivity contribution in [3.8, 4) is 0 Å². The fourth-order valence-corrected chi connectivity index (χ4v) is 1.94. The molecule has 1 fully saturated rings. The molecule has 0 heterocycles. The molecule has 1 aromatic rings. The summed E-state index contributed by atoms with van der Waals surface area (Å²) in [5.41, 5.74) is 7.61. The molecule has 3 N–H and O–H groups in total. The Morgan fingerprint density at radius 2 is 2.00 bits per heavy atom. The first-order valence-corrected chi connectivity index (χ1v) is 6.50. The molecule has 0 saturated heterocycles. The second kappa shape index (κ2) is 5.40.